The first kappa shape index (κ1) is 35.0. The summed E-state index contributed by atoms with van der Waals surface area (Å²) < 4.78 is 27.5. The van der Waals surface area contributed by atoms with E-state index in [4.69, 9.17) is 25.6 Å². The van der Waals surface area contributed by atoms with E-state index in [9.17, 15) is 29.4 Å². The van der Waals surface area contributed by atoms with Crippen LogP contribution in [0.1, 0.15) is 61.9 Å². The average molecular weight is 661 g/mol. The summed E-state index contributed by atoms with van der Waals surface area (Å²) in [7, 11) is 0. The maximum atomic E-state index is 17.2. The van der Waals surface area contributed by atoms with E-state index >= 15 is 4.39 Å². The zero-order chi connectivity index (χ0) is 34.4. The molecule has 4 aliphatic carbocycles. The van der Waals surface area contributed by atoms with E-state index in [2.05, 4.69) is 4.84 Å². The minimum atomic E-state index is -2.11. The molecule has 4 unspecified atom stereocenters. The van der Waals surface area contributed by atoms with E-state index in [0.717, 1.165) is 5.56 Å². The van der Waals surface area contributed by atoms with Gasteiger partial charge in [0.05, 0.1) is 23.7 Å². The first-order valence-corrected chi connectivity index (χ1v) is 15.6. The van der Waals surface area contributed by atoms with Crippen LogP contribution < -0.4 is 5.73 Å². The number of alkyl halides is 1. The predicted molar refractivity (Wildman–Crippen MR) is 159 cm³/mol. The Bertz CT molecular complexity index is 1480. The predicted octanol–water partition coefficient (Wildman–Crippen LogP) is 1.94. The van der Waals surface area contributed by atoms with Crippen LogP contribution in [0.4, 0.5) is 4.39 Å². The minimum Gasteiger partial charge on any atom is -0.460 e. The molecule has 0 aliphatic heterocycles. The van der Waals surface area contributed by atoms with Crippen molar-refractivity contribution in [2.75, 3.05) is 19.8 Å². The molecule has 13 nitrogen and oxygen atoms in total. The SMILES string of the molecule is C[C@]12C=CC(=O)C=C1CC[C@H]1C3CCC(O)(C(=O)COC(=O)C(N)COC(=O)c4ccc(CCON(O)O)cc4)[C@@]3(C)C[C@H](O)C12F. The van der Waals surface area contributed by atoms with Crippen molar-refractivity contribution in [1.29, 1.82) is 0 Å². The van der Waals surface area contributed by atoms with Crippen LogP contribution in [-0.4, -0.2) is 92.8 Å². The Kier molecular flexibility index (Phi) is 9.60. The van der Waals surface area contributed by atoms with Crippen molar-refractivity contribution >= 4 is 23.5 Å². The number of hydrogen-bond donors (Lipinski definition) is 5. The molecule has 1 aromatic rings. The standard InChI is InChI=1S/C33H41FN2O11/c1-30-12-9-22(37)15-21(30)7-8-24-23-10-13-32(42,31(23,2)16-26(38)33(24,30)34)27(39)18-46-29(41)25(35)17-45-28(40)20-5-3-19(4-6-20)11-14-47-36(43)44/h3-6,9,12,15,23-26,38,42-44H,7-8,10-11,13-14,16-18,35H2,1-2H3/t23?,24-,25?,26-,30-,31-,32?,33?/m0/s1. The Hall–Kier alpha value is -3.37. The largest absolute Gasteiger partial charge is 0.460 e. The Balaban J connectivity index is 1.17. The third kappa shape index (κ3) is 5.96. The number of aliphatic hydroxyl groups excluding tert-OH is 1. The quantitative estimate of drug-likeness (QED) is 0.170. The van der Waals surface area contributed by atoms with Crippen LogP contribution in [-0.2, 0) is 35.1 Å². The molecule has 6 N–H and O–H groups in total. The summed E-state index contributed by atoms with van der Waals surface area (Å²) in [4.78, 5) is 55.0. The lowest BCUT2D eigenvalue weighted by Gasteiger charge is -2.62. The molecular weight excluding hydrogens is 619 g/mol. The van der Waals surface area contributed by atoms with Crippen molar-refractivity contribution in [2.45, 2.75) is 75.8 Å². The van der Waals surface area contributed by atoms with E-state index in [1.807, 2.05) is 0 Å². The molecule has 0 spiro atoms. The number of nitrogens with zero attached hydrogens (tertiary/aromatic N) is 1. The second-order valence-electron chi connectivity index (χ2n) is 13.4. The number of hydrogen-bond acceptors (Lipinski definition) is 13. The van der Waals surface area contributed by atoms with Crippen LogP contribution in [0, 0.1) is 22.7 Å². The number of allylic oxidation sites excluding steroid dienone is 4. The number of halogens is 1. The summed E-state index contributed by atoms with van der Waals surface area (Å²) >= 11 is 0. The maximum absolute atomic E-state index is 17.2. The number of carbonyl (C=O) groups excluding carboxylic acids is 4. The number of fused-ring (bicyclic) bond motifs is 5. The molecule has 0 radical (unpaired) electrons. The summed E-state index contributed by atoms with van der Waals surface area (Å²) in [6.45, 7) is 1.98. The van der Waals surface area contributed by atoms with Crippen LogP contribution in [0.3, 0.4) is 0 Å². The van der Waals surface area contributed by atoms with Gasteiger partial charge in [-0.3, -0.25) is 29.6 Å². The zero-order valence-corrected chi connectivity index (χ0v) is 26.3. The molecule has 8 atom stereocenters. The number of carbonyl (C=O) groups is 4. The molecule has 3 fully saturated rings. The van der Waals surface area contributed by atoms with Crippen LogP contribution in [0.25, 0.3) is 0 Å². The number of ether oxygens (including phenoxy) is 2. The lowest BCUT2D eigenvalue weighted by Crippen LogP contribution is -2.69. The molecule has 0 saturated heterocycles. The molecule has 4 aliphatic rings. The van der Waals surface area contributed by atoms with Gasteiger partial charge in [-0.2, -0.15) is 0 Å². The summed E-state index contributed by atoms with van der Waals surface area (Å²) in [6, 6.07) is 4.73. The van der Waals surface area contributed by atoms with Gasteiger partial charge in [-0.25, -0.2) is 9.18 Å². The molecule has 14 heteroatoms. The van der Waals surface area contributed by atoms with Crippen molar-refractivity contribution in [3.63, 3.8) is 0 Å². The second kappa shape index (κ2) is 12.9. The highest BCUT2D eigenvalue weighted by atomic mass is 19.1. The number of rotatable bonds is 11. The van der Waals surface area contributed by atoms with E-state index in [0.29, 0.717) is 31.3 Å². The van der Waals surface area contributed by atoms with Crippen molar-refractivity contribution < 1.29 is 58.5 Å². The van der Waals surface area contributed by atoms with E-state index in [1.165, 1.54) is 30.4 Å². The van der Waals surface area contributed by atoms with E-state index in [1.54, 1.807) is 26.0 Å². The van der Waals surface area contributed by atoms with Gasteiger partial charge in [-0.15, -0.1) is 0 Å². The molecular formula is C33H41FN2O11. The first-order valence-electron chi connectivity index (χ1n) is 15.6. The summed E-state index contributed by atoms with van der Waals surface area (Å²) in [5.74, 6) is -3.96. The fraction of sp³-hybridized carbons (Fsp3) is 0.576. The first-order chi connectivity index (χ1) is 22.1. The monoisotopic (exact) mass is 660 g/mol. The Morgan fingerprint density at radius 3 is 2.49 bits per heavy atom. The second-order valence-corrected chi connectivity index (χ2v) is 13.4. The molecule has 5 rings (SSSR count). The molecule has 0 heterocycles. The maximum Gasteiger partial charge on any atom is 0.338 e. The van der Waals surface area contributed by atoms with Crippen molar-refractivity contribution in [3.8, 4) is 0 Å². The van der Waals surface area contributed by atoms with Gasteiger partial charge >= 0.3 is 11.9 Å². The summed E-state index contributed by atoms with van der Waals surface area (Å²) in [5.41, 5.74) is 0.862. The lowest BCUT2D eigenvalue weighted by molar-refractivity contribution is -0.492. The highest BCUT2D eigenvalue weighted by molar-refractivity contribution is 6.01. The van der Waals surface area contributed by atoms with Crippen molar-refractivity contribution in [3.05, 3.63) is 59.2 Å². The molecule has 0 aromatic heterocycles. The fourth-order valence-corrected chi connectivity index (χ4v) is 8.41. The van der Waals surface area contributed by atoms with Gasteiger partial charge in [-0.1, -0.05) is 30.7 Å². The van der Waals surface area contributed by atoms with Crippen molar-refractivity contribution in [2.24, 2.45) is 28.4 Å². The molecule has 256 valence electrons. The van der Waals surface area contributed by atoms with Crippen LogP contribution in [0.5, 0.6) is 0 Å². The fourth-order valence-electron chi connectivity index (χ4n) is 8.41. The topological polar surface area (TPSA) is 206 Å². The highest BCUT2D eigenvalue weighted by Crippen LogP contribution is 2.69. The Morgan fingerprint density at radius 1 is 1.11 bits per heavy atom. The number of aliphatic hydroxyl groups is 2. The van der Waals surface area contributed by atoms with Gasteiger partial charge < -0.3 is 25.4 Å². The lowest BCUT2D eigenvalue weighted by atomic mass is 9.44. The highest BCUT2D eigenvalue weighted by Gasteiger charge is 2.74. The number of nitrogens with two attached hydrogens (primary N) is 1. The molecule has 47 heavy (non-hydrogen) atoms. The van der Waals surface area contributed by atoms with Crippen LogP contribution in [0.15, 0.2) is 48.1 Å². The van der Waals surface area contributed by atoms with Gasteiger partial charge in [0.1, 0.15) is 18.2 Å². The number of ketones is 2. The van der Waals surface area contributed by atoms with E-state index in [-0.39, 0.29) is 30.8 Å². The number of esters is 2. The smallest absolute Gasteiger partial charge is 0.338 e. The third-order valence-corrected chi connectivity index (χ3v) is 11.1. The van der Waals surface area contributed by atoms with Gasteiger partial charge in [0.2, 0.25) is 5.78 Å². The minimum absolute atomic E-state index is 0.00557. The van der Waals surface area contributed by atoms with Gasteiger partial charge in [0.15, 0.2) is 18.1 Å². The third-order valence-electron chi connectivity index (χ3n) is 11.1. The molecule has 0 amide bonds. The molecule has 3 saturated carbocycles. The van der Waals surface area contributed by atoms with E-state index < -0.39 is 82.4 Å². The van der Waals surface area contributed by atoms with Crippen molar-refractivity contribution in [1.82, 2.24) is 5.39 Å². The Morgan fingerprint density at radius 2 is 1.81 bits per heavy atom. The van der Waals surface area contributed by atoms with Gasteiger partial charge in [-0.05, 0) is 81.2 Å². The Labute approximate surface area is 270 Å². The average Bonchev–Trinajstić information content (AvgIpc) is 3.30. The molecule has 1 aromatic carbocycles. The van der Waals surface area contributed by atoms with Crippen LogP contribution >= 0.6 is 0 Å². The normalized spacial score (nSPS) is 35.0. The van der Waals surface area contributed by atoms with Crippen LogP contribution in [0.2, 0.25) is 0 Å². The van der Waals surface area contributed by atoms with Gasteiger partial charge in [0, 0.05) is 16.7 Å². The zero-order valence-electron chi connectivity index (χ0n) is 26.3. The summed E-state index contributed by atoms with van der Waals surface area (Å²) in [6.07, 6.45) is 3.99. The molecule has 0 bridgehead atoms. The number of Topliss-reactive ketones (excluding diaryl/α,β-unsaturated/α-hetero) is 1. The number of benzene rings is 1. The summed E-state index contributed by atoms with van der Waals surface area (Å²) in [5, 5.41) is 39.9. The van der Waals surface area contributed by atoms with Gasteiger partial charge in [0.25, 0.3) is 0 Å².